The molecule has 1 aliphatic rings. The molecule has 0 spiro atoms. The zero-order chi connectivity index (χ0) is 16.1. The monoisotopic (exact) mass is 313 g/mol. The summed E-state index contributed by atoms with van der Waals surface area (Å²) in [5.74, 6) is -0.832. The Bertz CT molecular complexity index is 663. The molecular weight excluding hydrogens is 294 g/mol. The smallest absolute Gasteiger partial charge is 0.303 e. The van der Waals surface area contributed by atoms with Gasteiger partial charge in [-0.1, -0.05) is 18.2 Å². The van der Waals surface area contributed by atoms with Crippen LogP contribution in [0.15, 0.2) is 42.7 Å². The molecular formula is C17H19N3O3. The molecule has 0 radical (unpaired) electrons. The van der Waals surface area contributed by atoms with Crippen LogP contribution in [0.3, 0.4) is 0 Å². The van der Waals surface area contributed by atoms with Crippen LogP contribution in [0.4, 0.5) is 5.69 Å². The minimum atomic E-state index is -0.832. The first-order valence-electron chi connectivity index (χ1n) is 7.66. The van der Waals surface area contributed by atoms with Gasteiger partial charge in [-0.05, 0) is 12.1 Å². The van der Waals surface area contributed by atoms with Crippen molar-refractivity contribution in [2.75, 3.05) is 24.6 Å². The van der Waals surface area contributed by atoms with Crippen LogP contribution < -0.4 is 4.90 Å². The molecule has 3 rings (SSSR count). The van der Waals surface area contributed by atoms with E-state index in [1.54, 1.807) is 12.4 Å². The van der Waals surface area contributed by atoms with Gasteiger partial charge in [0, 0.05) is 24.8 Å². The van der Waals surface area contributed by atoms with Crippen LogP contribution in [0.2, 0.25) is 0 Å². The standard InChI is InChI=1S/C17H19N3O3/c21-17(22)7-6-13-10-18-11-15(19-13)16-12-20(8-9-23-16)14-4-2-1-3-5-14/h1-5,10-11,16H,6-9,12H2,(H,21,22)/t16-/m0/s1. The van der Waals surface area contributed by atoms with Gasteiger partial charge in [0.1, 0.15) is 6.10 Å². The van der Waals surface area contributed by atoms with E-state index in [0.717, 1.165) is 17.9 Å². The molecule has 1 atom stereocenters. The van der Waals surface area contributed by atoms with E-state index < -0.39 is 5.97 Å². The van der Waals surface area contributed by atoms with Gasteiger partial charge < -0.3 is 14.7 Å². The first-order valence-corrected chi connectivity index (χ1v) is 7.66. The number of carboxylic acid groups (broad SMARTS) is 1. The van der Waals surface area contributed by atoms with Gasteiger partial charge in [0.25, 0.3) is 0 Å². The van der Waals surface area contributed by atoms with E-state index in [9.17, 15) is 4.79 Å². The minimum absolute atomic E-state index is 0.0554. The predicted molar refractivity (Wildman–Crippen MR) is 85.3 cm³/mol. The Kier molecular flexibility index (Phi) is 4.83. The first-order chi connectivity index (χ1) is 11.2. The highest BCUT2D eigenvalue weighted by molar-refractivity contribution is 5.66. The fraction of sp³-hybridized carbons (Fsp3) is 0.353. The van der Waals surface area contributed by atoms with E-state index in [1.165, 1.54) is 0 Å². The minimum Gasteiger partial charge on any atom is -0.481 e. The quantitative estimate of drug-likeness (QED) is 0.911. The van der Waals surface area contributed by atoms with E-state index in [4.69, 9.17) is 9.84 Å². The van der Waals surface area contributed by atoms with E-state index in [0.29, 0.717) is 25.3 Å². The highest BCUT2D eigenvalue weighted by Crippen LogP contribution is 2.24. The molecule has 1 N–H and O–H groups in total. The second-order valence-electron chi connectivity index (χ2n) is 5.47. The van der Waals surface area contributed by atoms with Crippen LogP contribution in [0.5, 0.6) is 0 Å². The maximum atomic E-state index is 10.7. The first kappa shape index (κ1) is 15.4. The predicted octanol–water partition coefficient (Wildman–Crippen LogP) is 2.07. The van der Waals surface area contributed by atoms with Crippen LogP contribution >= 0.6 is 0 Å². The third-order valence-electron chi connectivity index (χ3n) is 3.82. The van der Waals surface area contributed by atoms with Crippen molar-refractivity contribution in [3.63, 3.8) is 0 Å². The zero-order valence-corrected chi connectivity index (χ0v) is 12.8. The normalized spacial score (nSPS) is 17.9. The van der Waals surface area contributed by atoms with Gasteiger partial charge in [-0.3, -0.25) is 14.8 Å². The van der Waals surface area contributed by atoms with Gasteiger partial charge in [0.2, 0.25) is 0 Å². The van der Waals surface area contributed by atoms with Gasteiger partial charge in [-0.25, -0.2) is 0 Å². The van der Waals surface area contributed by atoms with Crippen molar-refractivity contribution in [2.24, 2.45) is 0 Å². The lowest BCUT2D eigenvalue weighted by atomic mass is 10.1. The SMILES string of the molecule is O=C(O)CCc1cncc([C@@H]2CN(c3ccccc3)CCO2)n1. The summed E-state index contributed by atoms with van der Waals surface area (Å²) in [5.41, 5.74) is 2.61. The Morgan fingerprint density at radius 2 is 2.13 bits per heavy atom. The van der Waals surface area contributed by atoms with Crippen molar-refractivity contribution < 1.29 is 14.6 Å². The van der Waals surface area contributed by atoms with Gasteiger partial charge in [0.05, 0.1) is 37.2 Å². The van der Waals surface area contributed by atoms with Crippen molar-refractivity contribution in [1.82, 2.24) is 9.97 Å². The molecule has 2 aromatic rings. The number of morpholine rings is 1. The number of carbonyl (C=O) groups is 1. The Hall–Kier alpha value is -2.47. The Labute approximate surface area is 134 Å². The number of nitrogens with zero attached hydrogens (tertiary/aromatic N) is 3. The number of ether oxygens (including phenoxy) is 1. The number of aryl methyl sites for hydroxylation is 1. The van der Waals surface area contributed by atoms with E-state index in [2.05, 4.69) is 27.0 Å². The number of carboxylic acids is 1. The van der Waals surface area contributed by atoms with Gasteiger partial charge in [-0.15, -0.1) is 0 Å². The van der Waals surface area contributed by atoms with Gasteiger partial charge in [0.15, 0.2) is 0 Å². The molecule has 1 aromatic heterocycles. The molecule has 120 valence electrons. The molecule has 0 bridgehead atoms. The van der Waals surface area contributed by atoms with Crippen molar-refractivity contribution in [2.45, 2.75) is 18.9 Å². The summed E-state index contributed by atoms with van der Waals surface area (Å²) < 4.78 is 5.84. The van der Waals surface area contributed by atoms with Gasteiger partial charge >= 0.3 is 5.97 Å². The van der Waals surface area contributed by atoms with Crippen LogP contribution in [-0.4, -0.2) is 40.7 Å². The van der Waals surface area contributed by atoms with Crippen molar-refractivity contribution in [3.05, 3.63) is 54.1 Å². The summed E-state index contributed by atoms with van der Waals surface area (Å²) in [6.07, 6.45) is 3.60. The number of anilines is 1. The van der Waals surface area contributed by atoms with E-state index >= 15 is 0 Å². The summed E-state index contributed by atoms with van der Waals surface area (Å²) in [4.78, 5) is 21.6. The number of aromatic nitrogens is 2. The van der Waals surface area contributed by atoms with E-state index in [-0.39, 0.29) is 12.5 Å². The molecule has 0 saturated carbocycles. The molecule has 1 aliphatic heterocycles. The number of hydrogen-bond acceptors (Lipinski definition) is 5. The van der Waals surface area contributed by atoms with Crippen molar-refractivity contribution in [3.8, 4) is 0 Å². The number of aliphatic carboxylic acids is 1. The van der Waals surface area contributed by atoms with Gasteiger partial charge in [-0.2, -0.15) is 0 Å². The lowest BCUT2D eigenvalue weighted by Crippen LogP contribution is -2.38. The molecule has 2 heterocycles. The number of hydrogen-bond donors (Lipinski definition) is 1. The summed E-state index contributed by atoms with van der Waals surface area (Å²) >= 11 is 0. The molecule has 6 heteroatoms. The third-order valence-corrected chi connectivity index (χ3v) is 3.82. The van der Waals surface area contributed by atoms with Crippen LogP contribution in [0.1, 0.15) is 23.9 Å². The maximum absolute atomic E-state index is 10.7. The molecule has 1 saturated heterocycles. The average Bonchev–Trinajstić information content (AvgIpc) is 2.61. The van der Waals surface area contributed by atoms with Crippen LogP contribution in [0, 0.1) is 0 Å². The molecule has 0 unspecified atom stereocenters. The highest BCUT2D eigenvalue weighted by Gasteiger charge is 2.23. The van der Waals surface area contributed by atoms with Crippen LogP contribution in [0.25, 0.3) is 0 Å². The number of rotatable bonds is 5. The maximum Gasteiger partial charge on any atom is 0.303 e. The molecule has 6 nitrogen and oxygen atoms in total. The van der Waals surface area contributed by atoms with E-state index in [1.807, 2.05) is 18.2 Å². The third kappa shape index (κ3) is 4.04. The van der Waals surface area contributed by atoms with Crippen molar-refractivity contribution >= 4 is 11.7 Å². The van der Waals surface area contributed by atoms with Crippen LogP contribution in [-0.2, 0) is 16.0 Å². The topological polar surface area (TPSA) is 75.5 Å². The Morgan fingerprint density at radius 3 is 2.91 bits per heavy atom. The fourth-order valence-electron chi connectivity index (χ4n) is 2.64. The Balaban J connectivity index is 1.71. The molecule has 23 heavy (non-hydrogen) atoms. The number of para-hydroxylation sites is 1. The lowest BCUT2D eigenvalue weighted by Gasteiger charge is -2.34. The second kappa shape index (κ2) is 7.19. The number of benzene rings is 1. The second-order valence-corrected chi connectivity index (χ2v) is 5.47. The highest BCUT2D eigenvalue weighted by atomic mass is 16.5. The fourth-order valence-corrected chi connectivity index (χ4v) is 2.64. The molecule has 1 aromatic carbocycles. The average molecular weight is 313 g/mol. The molecule has 0 amide bonds. The molecule has 0 aliphatic carbocycles. The summed E-state index contributed by atoms with van der Waals surface area (Å²) in [5, 5.41) is 8.77. The van der Waals surface area contributed by atoms with Crippen molar-refractivity contribution in [1.29, 1.82) is 0 Å². The molecule has 1 fully saturated rings. The summed E-state index contributed by atoms with van der Waals surface area (Å²) in [7, 11) is 0. The lowest BCUT2D eigenvalue weighted by molar-refractivity contribution is -0.136. The largest absolute Gasteiger partial charge is 0.481 e. The summed E-state index contributed by atoms with van der Waals surface area (Å²) in [6.45, 7) is 2.17. The summed E-state index contributed by atoms with van der Waals surface area (Å²) in [6, 6.07) is 10.2. The zero-order valence-electron chi connectivity index (χ0n) is 12.8. The Morgan fingerprint density at radius 1 is 1.30 bits per heavy atom.